The van der Waals surface area contributed by atoms with Gasteiger partial charge in [-0.1, -0.05) is 12.1 Å². The number of carboxylic acid groups (broad SMARTS) is 1. The van der Waals surface area contributed by atoms with Crippen LogP contribution < -0.4 is 10.6 Å². The van der Waals surface area contributed by atoms with Crippen molar-refractivity contribution in [2.75, 3.05) is 6.54 Å². The molecule has 0 aliphatic carbocycles. The molecule has 1 heterocycles. The zero-order chi connectivity index (χ0) is 13.0. The molecule has 1 saturated heterocycles. The van der Waals surface area contributed by atoms with E-state index in [1.165, 1.54) is 6.07 Å². The Bertz CT molecular complexity index is 453. The van der Waals surface area contributed by atoms with Crippen LogP contribution in [0.5, 0.6) is 0 Å². The lowest BCUT2D eigenvalue weighted by Crippen LogP contribution is -2.40. The Hall–Kier alpha value is -1.88. The van der Waals surface area contributed by atoms with Gasteiger partial charge in [-0.3, -0.25) is 4.79 Å². The molecule has 0 radical (unpaired) electrons. The second-order valence-electron chi connectivity index (χ2n) is 4.37. The van der Waals surface area contributed by atoms with E-state index in [2.05, 4.69) is 10.6 Å². The summed E-state index contributed by atoms with van der Waals surface area (Å²) in [6.45, 7) is 1.24. The lowest BCUT2D eigenvalue weighted by atomic mass is 10.1. The van der Waals surface area contributed by atoms with E-state index >= 15 is 0 Å². The van der Waals surface area contributed by atoms with Crippen molar-refractivity contribution in [3.05, 3.63) is 35.4 Å². The fraction of sp³-hybridized carbons (Fsp3) is 0.385. The molecule has 0 aromatic heterocycles. The number of aromatic carboxylic acids is 1. The smallest absolute Gasteiger partial charge is 0.335 e. The Morgan fingerprint density at radius 1 is 1.44 bits per heavy atom. The first-order chi connectivity index (χ1) is 8.66. The molecule has 1 atom stereocenters. The van der Waals surface area contributed by atoms with Crippen molar-refractivity contribution in [3.63, 3.8) is 0 Å². The lowest BCUT2D eigenvalue weighted by molar-refractivity contribution is -0.122. The third-order valence-electron chi connectivity index (χ3n) is 3.02. The van der Waals surface area contributed by atoms with E-state index in [1.54, 1.807) is 18.2 Å². The minimum absolute atomic E-state index is 0.0202. The van der Waals surface area contributed by atoms with Crippen molar-refractivity contribution >= 4 is 11.9 Å². The van der Waals surface area contributed by atoms with Gasteiger partial charge in [-0.2, -0.15) is 0 Å². The van der Waals surface area contributed by atoms with Crippen molar-refractivity contribution in [3.8, 4) is 0 Å². The Labute approximate surface area is 105 Å². The molecule has 0 spiro atoms. The van der Waals surface area contributed by atoms with Gasteiger partial charge < -0.3 is 15.7 Å². The highest BCUT2D eigenvalue weighted by Gasteiger charge is 2.21. The molecule has 1 aliphatic heterocycles. The number of hydrogen-bond donors (Lipinski definition) is 3. The molecule has 18 heavy (non-hydrogen) atoms. The zero-order valence-corrected chi connectivity index (χ0v) is 9.98. The van der Waals surface area contributed by atoms with Crippen molar-refractivity contribution in [2.45, 2.75) is 25.4 Å². The van der Waals surface area contributed by atoms with Crippen LogP contribution in [0.1, 0.15) is 28.8 Å². The number of carbonyl (C=O) groups is 2. The van der Waals surface area contributed by atoms with E-state index in [4.69, 9.17) is 5.11 Å². The van der Waals surface area contributed by atoms with Gasteiger partial charge in [0, 0.05) is 6.54 Å². The number of carboxylic acids is 1. The van der Waals surface area contributed by atoms with Gasteiger partial charge in [-0.15, -0.1) is 0 Å². The molecular formula is C13H16N2O3. The second kappa shape index (κ2) is 5.64. The number of hydrogen-bond acceptors (Lipinski definition) is 3. The van der Waals surface area contributed by atoms with Crippen LogP contribution in [0.15, 0.2) is 24.3 Å². The summed E-state index contributed by atoms with van der Waals surface area (Å²) in [5.41, 5.74) is 1.03. The summed E-state index contributed by atoms with van der Waals surface area (Å²) in [4.78, 5) is 22.6. The van der Waals surface area contributed by atoms with E-state index in [9.17, 15) is 9.59 Å². The molecule has 0 saturated carbocycles. The standard InChI is InChI=1S/C13H16N2O3/c16-12(11-5-2-6-14-11)15-8-9-3-1-4-10(7-9)13(17)18/h1,3-4,7,11,14H,2,5-6,8H2,(H,15,16)(H,17,18)/t11-/m1/s1. The summed E-state index contributed by atoms with van der Waals surface area (Å²) >= 11 is 0. The van der Waals surface area contributed by atoms with Gasteiger partial charge in [-0.25, -0.2) is 4.79 Å². The normalized spacial score (nSPS) is 18.6. The van der Waals surface area contributed by atoms with Gasteiger partial charge in [0.1, 0.15) is 0 Å². The van der Waals surface area contributed by atoms with Crippen LogP contribution in [0.3, 0.4) is 0 Å². The lowest BCUT2D eigenvalue weighted by Gasteiger charge is -2.11. The number of amides is 1. The quantitative estimate of drug-likeness (QED) is 0.735. The molecule has 1 aromatic rings. The molecule has 1 aliphatic rings. The third kappa shape index (κ3) is 3.07. The molecular weight excluding hydrogens is 232 g/mol. The molecule has 5 heteroatoms. The van der Waals surface area contributed by atoms with Crippen molar-refractivity contribution in [1.29, 1.82) is 0 Å². The maximum absolute atomic E-state index is 11.7. The predicted octanol–water partition coefficient (Wildman–Crippen LogP) is 0.753. The van der Waals surface area contributed by atoms with Gasteiger partial charge in [0.15, 0.2) is 0 Å². The number of benzene rings is 1. The Morgan fingerprint density at radius 2 is 2.28 bits per heavy atom. The van der Waals surface area contributed by atoms with Gasteiger partial charge in [0.2, 0.25) is 5.91 Å². The topological polar surface area (TPSA) is 78.4 Å². The van der Waals surface area contributed by atoms with Crippen LogP contribution in [0.2, 0.25) is 0 Å². The van der Waals surface area contributed by atoms with Crippen molar-refractivity contribution in [1.82, 2.24) is 10.6 Å². The zero-order valence-electron chi connectivity index (χ0n) is 9.98. The summed E-state index contributed by atoms with van der Waals surface area (Å²) < 4.78 is 0. The Morgan fingerprint density at radius 3 is 2.94 bits per heavy atom. The summed E-state index contributed by atoms with van der Waals surface area (Å²) in [5.74, 6) is -0.978. The molecule has 0 bridgehead atoms. The van der Waals surface area contributed by atoms with Crippen LogP contribution in [0.4, 0.5) is 0 Å². The van der Waals surface area contributed by atoms with Crippen LogP contribution in [0.25, 0.3) is 0 Å². The first-order valence-electron chi connectivity index (χ1n) is 6.00. The number of carbonyl (C=O) groups excluding carboxylic acids is 1. The molecule has 3 N–H and O–H groups in total. The summed E-state index contributed by atoms with van der Waals surface area (Å²) in [5, 5.41) is 14.8. The largest absolute Gasteiger partial charge is 0.478 e. The minimum atomic E-state index is -0.958. The second-order valence-corrected chi connectivity index (χ2v) is 4.37. The summed E-state index contributed by atoms with van der Waals surface area (Å²) in [6, 6.07) is 6.48. The van der Waals surface area contributed by atoms with E-state index in [0.29, 0.717) is 6.54 Å². The maximum Gasteiger partial charge on any atom is 0.335 e. The van der Waals surface area contributed by atoms with Gasteiger partial charge in [0.25, 0.3) is 0 Å². The van der Waals surface area contributed by atoms with Gasteiger partial charge in [-0.05, 0) is 37.1 Å². The molecule has 2 rings (SSSR count). The molecule has 1 aromatic carbocycles. The van der Waals surface area contributed by atoms with Crippen LogP contribution in [-0.2, 0) is 11.3 Å². The average molecular weight is 248 g/mol. The highest BCUT2D eigenvalue weighted by atomic mass is 16.4. The molecule has 5 nitrogen and oxygen atoms in total. The fourth-order valence-corrected chi connectivity index (χ4v) is 2.04. The van der Waals surface area contributed by atoms with Gasteiger partial charge in [0.05, 0.1) is 11.6 Å². The first kappa shape index (κ1) is 12.6. The summed E-state index contributed by atoms with van der Waals surface area (Å²) in [6.07, 6.45) is 1.88. The Balaban J connectivity index is 1.91. The molecule has 1 amide bonds. The van der Waals surface area contributed by atoms with Crippen molar-refractivity contribution in [2.24, 2.45) is 0 Å². The van der Waals surface area contributed by atoms with Crippen LogP contribution >= 0.6 is 0 Å². The van der Waals surface area contributed by atoms with Crippen molar-refractivity contribution < 1.29 is 14.7 Å². The molecule has 96 valence electrons. The van der Waals surface area contributed by atoms with Crippen LogP contribution in [-0.4, -0.2) is 29.6 Å². The van der Waals surface area contributed by atoms with E-state index in [0.717, 1.165) is 24.9 Å². The number of rotatable bonds is 4. The highest BCUT2D eigenvalue weighted by molar-refractivity contribution is 5.87. The minimum Gasteiger partial charge on any atom is -0.478 e. The summed E-state index contributed by atoms with van der Waals surface area (Å²) in [7, 11) is 0. The maximum atomic E-state index is 11.7. The fourth-order valence-electron chi connectivity index (χ4n) is 2.04. The van der Waals surface area contributed by atoms with Crippen LogP contribution in [0, 0.1) is 0 Å². The Kier molecular flexibility index (Phi) is 3.94. The predicted molar refractivity (Wildman–Crippen MR) is 66.3 cm³/mol. The SMILES string of the molecule is O=C(O)c1cccc(CNC(=O)[C@H]2CCCN2)c1. The highest BCUT2D eigenvalue weighted by Crippen LogP contribution is 2.07. The van der Waals surface area contributed by atoms with E-state index in [1.807, 2.05) is 0 Å². The van der Waals surface area contributed by atoms with Gasteiger partial charge >= 0.3 is 5.97 Å². The molecule has 1 fully saturated rings. The monoisotopic (exact) mass is 248 g/mol. The third-order valence-corrected chi connectivity index (χ3v) is 3.02. The molecule has 0 unspecified atom stereocenters. The van der Waals surface area contributed by atoms with E-state index in [-0.39, 0.29) is 17.5 Å². The van der Waals surface area contributed by atoms with E-state index < -0.39 is 5.97 Å². The number of nitrogens with one attached hydrogen (secondary N) is 2. The first-order valence-corrected chi connectivity index (χ1v) is 6.00. The average Bonchev–Trinajstić information content (AvgIpc) is 2.90.